The fourth-order valence-corrected chi connectivity index (χ4v) is 3.76. The van der Waals surface area contributed by atoms with Crippen LogP contribution >= 0.6 is 0 Å². The largest absolute Gasteiger partial charge is 0.372 e. The molecule has 4 rings (SSSR count). The maximum atomic E-state index is 6.23. The van der Waals surface area contributed by atoms with Gasteiger partial charge in [-0.3, -0.25) is 4.90 Å². The van der Waals surface area contributed by atoms with Gasteiger partial charge in [0.2, 0.25) is 0 Å². The number of nitrogens with one attached hydrogen (secondary N) is 1. The number of nitrogens with zero attached hydrogens (tertiary/aromatic N) is 2. The summed E-state index contributed by atoms with van der Waals surface area (Å²) in [6.45, 7) is 8.65. The molecule has 2 saturated heterocycles. The van der Waals surface area contributed by atoms with Crippen molar-refractivity contribution in [3.63, 3.8) is 0 Å². The second-order valence-corrected chi connectivity index (χ2v) is 7.68. The highest BCUT2D eigenvalue weighted by molar-refractivity contribution is 4.86. The van der Waals surface area contributed by atoms with Gasteiger partial charge in [0, 0.05) is 51.9 Å². The van der Waals surface area contributed by atoms with Gasteiger partial charge < -0.3 is 15.0 Å². The maximum absolute atomic E-state index is 6.23. The summed E-state index contributed by atoms with van der Waals surface area (Å²) in [5, 5.41) is 3.61. The van der Waals surface area contributed by atoms with Crippen molar-refractivity contribution in [2.75, 3.05) is 45.8 Å². The lowest BCUT2D eigenvalue weighted by molar-refractivity contribution is 0.0122. The third-order valence-corrected chi connectivity index (χ3v) is 5.55. The average Bonchev–Trinajstić information content (AvgIpc) is 3.41. The molecular weight excluding hydrogens is 262 g/mol. The Labute approximate surface area is 129 Å². The van der Waals surface area contributed by atoms with Crippen LogP contribution in [0.15, 0.2) is 0 Å². The van der Waals surface area contributed by atoms with Gasteiger partial charge >= 0.3 is 0 Å². The van der Waals surface area contributed by atoms with E-state index in [1.165, 1.54) is 71.2 Å². The number of hydrogen-bond donors (Lipinski definition) is 1. The molecule has 4 aliphatic rings. The van der Waals surface area contributed by atoms with E-state index in [9.17, 15) is 0 Å². The molecular formula is C17H31N3O. The second kappa shape index (κ2) is 6.53. The van der Waals surface area contributed by atoms with E-state index in [0.717, 1.165) is 25.0 Å². The van der Waals surface area contributed by atoms with Crippen LogP contribution in [0.25, 0.3) is 0 Å². The Morgan fingerprint density at radius 3 is 2.10 bits per heavy atom. The quantitative estimate of drug-likeness (QED) is 0.766. The van der Waals surface area contributed by atoms with Crippen molar-refractivity contribution < 1.29 is 4.74 Å². The SMILES string of the molecule is C1CC1CN1CCN(CC2CCC(CNC3CC3)O2)CC1. The van der Waals surface area contributed by atoms with Gasteiger partial charge in [0.25, 0.3) is 0 Å². The van der Waals surface area contributed by atoms with Crippen LogP contribution in [0.1, 0.15) is 38.5 Å². The molecule has 120 valence electrons. The first-order valence-electron chi connectivity index (χ1n) is 9.19. The van der Waals surface area contributed by atoms with Crippen LogP contribution in [0.3, 0.4) is 0 Å². The van der Waals surface area contributed by atoms with Crippen molar-refractivity contribution in [2.24, 2.45) is 5.92 Å². The highest BCUT2D eigenvalue weighted by Gasteiger charge is 2.31. The first kappa shape index (κ1) is 14.4. The molecule has 2 unspecified atom stereocenters. The molecule has 0 aromatic carbocycles. The van der Waals surface area contributed by atoms with Gasteiger partial charge in [0.1, 0.15) is 0 Å². The summed E-state index contributed by atoms with van der Waals surface area (Å²) < 4.78 is 6.23. The minimum atomic E-state index is 0.478. The van der Waals surface area contributed by atoms with E-state index >= 15 is 0 Å². The van der Waals surface area contributed by atoms with E-state index in [1.807, 2.05) is 0 Å². The summed E-state index contributed by atoms with van der Waals surface area (Å²) in [6.07, 6.45) is 9.20. The smallest absolute Gasteiger partial charge is 0.0707 e. The second-order valence-electron chi connectivity index (χ2n) is 7.68. The molecule has 0 radical (unpaired) electrons. The molecule has 4 heteroatoms. The molecule has 2 atom stereocenters. The zero-order valence-electron chi connectivity index (χ0n) is 13.3. The predicted octanol–water partition coefficient (Wildman–Crippen LogP) is 1.31. The van der Waals surface area contributed by atoms with Crippen molar-refractivity contribution in [3.8, 4) is 0 Å². The molecule has 2 aliphatic carbocycles. The molecule has 4 nitrogen and oxygen atoms in total. The van der Waals surface area contributed by atoms with E-state index in [1.54, 1.807) is 0 Å². The summed E-state index contributed by atoms with van der Waals surface area (Å²) in [5.41, 5.74) is 0. The van der Waals surface area contributed by atoms with Gasteiger partial charge in [-0.1, -0.05) is 0 Å². The first-order valence-corrected chi connectivity index (χ1v) is 9.19. The van der Waals surface area contributed by atoms with Crippen LogP contribution < -0.4 is 5.32 Å². The molecule has 4 fully saturated rings. The summed E-state index contributed by atoms with van der Waals surface area (Å²) in [4.78, 5) is 5.30. The van der Waals surface area contributed by atoms with Crippen LogP contribution in [0, 0.1) is 5.92 Å². The Kier molecular flexibility index (Phi) is 4.49. The molecule has 2 saturated carbocycles. The zero-order chi connectivity index (χ0) is 14.1. The molecule has 21 heavy (non-hydrogen) atoms. The van der Waals surface area contributed by atoms with E-state index in [0.29, 0.717) is 12.2 Å². The molecule has 0 amide bonds. The van der Waals surface area contributed by atoms with Crippen LogP contribution in [-0.4, -0.2) is 73.9 Å². The summed E-state index contributed by atoms with van der Waals surface area (Å²) in [6, 6.07) is 0.812. The number of ether oxygens (including phenoxy) is 1. The van der Waals surface area contributed by atoms with E-state index < -0.39 is 0 Å². The third kappa shape index (κ3) is 4.41. The van der Waals surface area contributed by atoms with Crippen molar-refractivity contribution in [1.82, 2.24) is 15.1 Å². The Morgan fingerprint density at radius 1 is 0.762 bits per heavy atom. The van der Waals surface area contributed by atoms with Gasteiger partial charge in [0.05, 0.1) is 12.2 Å². The fourth-order valence-electron chi connectivity index (χ4n) is 3.76. The molecule has 1 N–H and O–H groups in total. The van der Waals surface area contributed by atoms with Gasteiger partial charge in [-0.15, -0.1) is 0 Å². The Bertz CT molecular complexity index is 335. The molecule has 2 heterocycles. The summed E-state index contributed by atoms with van der Waals surface area (Å²) in [5.74, 6) is 1.04. The van der Waals surface area contributed by atoms with Crippen molar-refractivity contribution in [3.05, 3.63) is 0 Å². The minimum Gasteiger partial charge on any atom is -0.372 e. The monoisotopic (exact) mass is 293 g/mol. The van der Waals surface area contributed by atoms with Gasteiger partial charge in [-0.05, 0) is 44.4 Å². The van der Waals surface area contributed by atoms with Gasteiger partial charge in [-0.25, -0.2) is 0 Å². The molecule has 0 aromatic rings. The van der Waals surface area contributed by atoms with Gasteiger partial charge in [-0.2, -0.15) is 0 Å². The molecule has 0 spiro atoms. The van der Waals surface area contributed by atoms with Crippen molar-refractivity contribution in [2.45, 2.75) is 56.8 Å². The Balaban J connectivity index is 1.12. The van der Waals surface area contributed by atoms with Crippen LogP contribution in [-0.2, 0) is 4.74 Å². The van der Waals surface area contributed by atoms with E-state index in [4.69, 9.17) is 4.74 Å². The molecule has 0 aromatic heterocycles. The lowest BCUT2D eigenvalue weighted by atomic mass is 10.1. The van der Waals surface area contributed by atoms with Crippen LogP contribution in [0.5, 0.6) is 0 Å². The van der Waals surface area contributed by atoms with E-state index in [-0.39, 0.29) is 0 Å². The maximum Gasteiger partial charge on any atom is 0.0707 e. The van der Waals surface area contributed by atoms with Crippen molar-refractivity contribution >= 4 is 0 Å². The fraction of sp³-hybridized carbons (Fsp3) is 1.00. The number of piperazine rings is 1. The lowest BCUT2D eigenvalue weighted by Gasteiger charge is -2.35. The summed E-state index contributed by atoms with van der Waals surface area (Å²) >= 11 is 0. The zero-order valence-corrected chi connectivity index (χ0v) is 13.3. The lowest BCUT2D eigenvalue weighted by Crippen LogP contribution is -2.49. The average molecular weight is 293 g/mol. The third-order valence-electron chi connectivity index (χ3n) is 5.55. The Morgan fingerprint density at radius 2 is 1.43 bits per heavy atom. The van der Waals surface area contributed by atoms with Gasteiger partial charge in [0.15, 0.2) is 0 Å². The highest BCUT2D eigenvalue weighted by atomic mass is 16.5. The standard InChI is InChI=1S/C17H31N3O/c1-2-14(1)12-19-7-9-20(10-8-19)13-17-6-5-16(21-17)11-18-15-3-4-15/h14-18H,1-13H2. The van der Waals surface area contributed by atoms with Crippen LogP contribution in [0.2, 0.25) is 0 Å². The molecule has 2 aliphatic heterocycles. The minimum absolute atomic E-state index is 0.478. The summed E-state index contributed by atoms with van der Waals surface area (Å²) in [7, 11) is 0. The topological polar surface area (TPSA) is 27.7 Å². The van der Waals surface area contributed by atoms with E-state index in [2.05, 4.69) is 15.1 Å². The number of rotatable bonds is 7. The highest BCUT2D eigenvalue weighted by Crippen LogP contribution is 2.30. The van der Waals surface area contributed by atoms with Crippen LogP contribution in [0.4, 0.5) is 0 Å². The van der Waals surface area contributed by atoms with Crippen molar-refractivity contribution in [1.29, 1.82) is 0 Å². The number of hydrogen-bond acceptors (Lipinski definition) is 4. The molecule has 0 bridgehead atoms. The Hall–Kier alpha value is -0.160. The first-order chi connectivity index (χ1) is 10.3. The normalized spacial score (nSPS) is 35.4. The predicted molar refractivity (Wildman–Crippen MR) is 84.5 cm³/mol.